The Bertz CT molecular complexity index is 117. The fourth-order valence-electron chi connectivity index (χ4n) is 0.739. The molecule has 0 unspecified atom stereocenters. The van der Waals surface area contributed by atoms with E-state index >= 15 is 0 Å². The predicted octanol–water partition coefficient (Wildman–Crippen LogP) is 1.53. The molecular formula is C5H7ClN2. The Labute approximate surface area is 53.8 Å². The molecule has 1 aliphatic carbocycles. The summed E-state index contributed by atoms with van der Waals surface area (Å²) >= 11 is 5.30. The van der Waals surface area contributed by atoms with Gasteiger partial charge in [-0.05, 0) is 18.2 Å². The van der Waals surface area contributed by atoms with Crippen LogP contribution in [0.2, 0.25) is 0 Å². The molecule has 0 aliphatic heterocycles. The number of rotatable bonds is 1. The van der Waals surface area contributed by atoms with Crippen molar-refractivity contribution in [3.05, 3.63) is 11.4 Å². The molecule has 1 rings (SSSR count). The maximum absolute atomic E-state index is 6.69. The molecule has 0 bridgehead atoms. The van der Waals surface area contributed by atoms with E-state index in [4.69, 9.17) is 18.3 Å². The van der Waals surface area contributed by atoms with Crippen LogP contribution in [-0.2, 0) is 0 Å². The van der Waals surface area contributed by atoms with Crippen molar-refractivity contribution in [2.75, 3.05) is 0 Å². The van der Waals surface area contributed by atoms with Crippen LogP contribution in [0.3, 0.4) is 0 Å². The summed E-state index contributed by atoms with van der Waals surface area (Å²) in [7, 11) is 0. The van der Waals surface area contributed by atoms with Gasteiger partial charge >= 0.3 is 0 Å². The highest BCUT2D eigenvalue weighted by molar-refractivity contribution is 6.14. The Morgan fingerprint density at radius 3 is 2.25 bits per heavy atom. The number of halogens is 1. The van der Waals surface area contributed by atoms with Gasteiger partial charge in [0.05, 0.1) is 0 Å². The zero-order valence-corrected chi connectivity index (χ0v) is 5.20. The van der Waals surface area contributed by atoms with E-state index in [1.807, 2.05) is 0 Å². The van der Waals surface area contributed by atoms with Gasteiger partial charge < -0.3 is 0 Å². The summed E-state index contributed by atoms with van der Waals surface area (Å²) in [5.41, 5.74) is -0.387. The van der Waals surface area contributed by atoms with Crippen LogP contribution in [0.1, 0.15) is 19.3 Å². The van der Waals surface area contributed by atoms with Gasteiger partial charge in [-0.3, -0.25) is 4.85 Å². The lowest BCUT2D eigenvalue weighted by atomic mass is 9.87. The second kappa shape index (κ2) is 1.93. The molecule has 0 aromatic rings. The lowest BCUT2D eigenvalue weighted by molar-refractivity contribution is 0.288. The molecule has 0 amide bonds. The van der Waals surface area contributed by atoms with Gasteiger partial charge in [-0.2, -0.15) is 4.84 Å². The monoisotopic (exact) mass is 130 g/mol. The van der Waals surface area contributed by atoms with E-state index < -0.39 is 0 Å². The van der Waals surface area contributed by atoms with Crippen LogP contribution in [0, 0.1) is 6.57 Å². The zero-order valence-electron chi connectivity index (χ0n) is 4.45. The average Bonchev–Trinajstić information content (AvgIpc) is 1.67. The summed E-state index contributed by atoms with van der Waals surface area (Å²) in [6.45, 7) is 6.69. The van der Waals surface area contributed by atoms with Gasteiger partial charge in [-0.15, -0.1) is 0 Å². The van der Waals surface area contributed by atoms with E-state index in [1.54, 1.807) is 0 Å². The maximum Gasteiger partial charge on any atom is 0.298 e. The topological polar surface area (TPSA) is 16.4 Å². The molecule has 0 aromatic carbocycles. The van der Waals surface area contributed by atoms with Crippen LogP contribution in [0.25, 0.3) is 4.85 Å². The van der Waals surface area contributed by atoms with Crippen LogP contribution in [0.15, 0.2) is 0 Å². The highest BCUT2D eigenvalue weighted by Gasteiger charge is 2.43. The molecule has 1 saturated carbocycles. The average molecular weight is 131 g/mol. The van der Waals surface area contributed by atoms with E-state index in [0.717, 1.165) is 19.3 Å². The summed E-state index contributed by atoms with van der Waals surface area (Å²) in [6, 6.07) is 0. The maximum atomic E-state index is 6.69. The number of nitrogens with one attached hydrogen (secondary N) is 1. The second-order valence-corrected chi connectivity index (χ2v) is 2.28. The summed E-state index contributed by atoms with van der Waals surface area (Å²) in [5, 5.41) is 0. The normalized spacial score (nSPS) is 23.5. The Hall–Kier alpha value is -0.260. The molecule has 2 nitrogen and oxygen atoms in total. The van der Waals surface area contributed by atoms with E-state index in [0.29, 0.717) is 0 Å². The van der Waals surface area contributed by atoms with Crippen molar-refractivity contribution >= 4 is 11.8 Å². The fourth-order valence-corrected chi connectivity index (χ4v) is 0.970. The van der Waals surface area contributed by atoms with Gasteiger partial charge in [0.1, 0.15) is 0 Å². The molecule has 0 spiro atoms. The minimum absolute atomic E-state index is 0.387. The molecule has 0 aromatic heterocycles. The molecule has 0 saturated heterocycles. The first-order valence-electron chi connectivity index (χ1n) is 2.59. The SMILES string of the molecule is [C-]#[N+]C1(NCl)CCC1. The Balaban J connectivity index is 2.49. The van der Waals surface area contributed by atoms with Crippen LogP contribution in [0.4, 0.5) is 0 Å². The first-order chi connectivity index (χ1) is 3.83. The van der Waals surface area contributed by atoms with E-state index in [-0.39, 0.29) is 5.66 Å². The summed E-state index contributed by atoms with van der Waals surface area (Å²) in [6.07, 6.45) is 2.93. The predicted molar refractivity (Wildman–Crippen MR) is 32.2 cm³/mol. The molecule has 3 heteroatoms. The smallest absolute Gasteiger partial charge is 0.292 e. The molecule has 0 radical (unpaired) electrons. The van der Waals surface area contributed by atoms with Crippen molar-refractivity contribution in [1.29, 1.82) is 0 Å². The molecule has 8 heavy (non-hydrogen) atoms. The van der Waals surface area contributed by atoms with Gasteiger partial charge in [0.15, 0.2) is 0 Å². The molecule has 44 valence electrons. The molecule has 1 aliphatic rings. The summed E-state index contributed by atoms with van der Waals surface area (Å²) < 4.78 is 0. The van der Waals surface area contributed by atoms with Gasteiger partial charge in [0.2, 0.25) is 0 Å². The molecule has 1 fully saturated rings. The Morgan fingerprint density at radius 2 is 2.25 bits per heavy atom. The second-order valence-electron chi connectivity index (χ2n) is 2.09. The van der Waals surface area contributed by atoms with Crippen LogP contribution < -0.4 is 4.84 Å². The molecule has 0 atom stereocenters. The van der Waals surface area contributed by atoms with Gasteiger partial charge in [-0.25, -0.2) is 6.57 Å². The molecular weight excluding hydrogens is 124 g/mol. The number of hydrogen-bond acceptors (Lipinski definition) is 1. The van der Waals surface area contributed by atoms with Crippen molar-refractivity contribution in [1.82, 2.24) is 4.84 Å². The van der Waals surface area contributed by atoms with Crippen molar-refractivity contribution in [2.24, 2.45) is 0 Å². The first kappa shape index (κ1) is 5.87. The molecule has 1 N–H and O–H groups in total. The largest absolute Gasteiger partial charge is 0.298 e. The summed E-state index contributed by atoms with van der Waals surface area (Å²) in [4.78, 5) is 5.83. The fraction of sp³-hybridized carbons (Fsp3) is 0.800. The third kappa shape index (κ3) is 0.683. The highest BCUT2D eigenvalue weighted by atomic mass is 35.5. The van der Waals surface area contributed by atoms with Gasteiger partial charge in [0.25, 0.3) is 5.66 Å². The Kier molecular flexibility index (Phi) is 1.41. The van der Waals surface area contributed by atoms with Gasteiger partial charge in [0, 0.05) is 12.8 Å². The van der Waals surface area contributed by atoms with Crippen molar-refractivity contribution in [3.8, 4) is 0 Å². The quantitative estimate of drug-likeness (QED) is 0.421. The first-order valence-corrected chi connectivity index (χ1v) is 2.97. The van der Waals surface area contributed by atoms with E-state index in [2.05, 4.69) is 9.68 Å². The van der Waals surface area contributed by atoms with Crippen LogP contribution in [0.5, 0.6) is 0 Å². The highest BCUT2D eigenvalue weighted by Crippen LogP contribution is 2.33. The van der Waals surface area contributed by atoms with E-state index in [1.165, 1.54) is 0 Å². The van der Waals surface area contributed by atoms with E-state index in [9.17, 15) is 0 Å². The van der Waals surface area contributed by atoms with Crippen molar-refractivity contribution < 1.29 is 0 Å². The third-order valence-electron chi connectivity index (χ3n) is 1.57. The lowest BCUT2D eigenvalue weighted by Gasteiger charge is -2.27. The van der Waals surface area contributed by atoms with Crippen LogP contribution >= 0.6 is 11.8 Å². The van der Waals surface area contributed by atoms with Crippen LogP contribution in [-0.4, -0.2) is 5.66 Å². The number of nitrogens with zero attached hydrogens (tertiary/aromatic N) is 1. The standard InChI is InChI=1S/C5H7ClN2/c1-7-5(8-6)3-2-4-5/h8H,2-4H2. The minimum atomic E-state index is -0.387. The van der Waals surface area contributed by atoms with Gasteiger partial charge in [-0.1, -0.05) is 0 Å². The Morgan fingerprint density at radius 1 is 1.62 bits per heavy atom. The molecule has 0 heterocycles. The van der Waals surface area contributed by atoms with Crippen molar-refractivity contribution in [3.63, 3.8) is 0 Å². The third-order valence-corrected chi connectivity index (χ3v) is 1.92. The number of hydrogen-bond donors (Lipinski definition) is 1. The summed E-state index contributed by atoms with van der Waals surface area (Å²) in [5.74, 6) is 0. The lowest BCUT2D eigenvalue weighted by Crippen LogP contribution is -2.42. The van der Waals surface area contributed by atoms with Crippen molar-refractivity contribution in [2.45, 2.75) is 24.9 Å². The zero-order chi connectivity index (χ0) is 6.04. The minimum Gasteiger partial charge on any atom is -0.292 e.